The smallest absolute Gasteiger partial charge is 0.341 e. The lowest BCUT2D eigenvalue weighted by Gasteiger charge is -2.16. The Morgan fingerprint density at radius 3 is 2.34 bits per heavy atom. The van der Waals surface area contributed by atoms with Crippen molar-refractivity contribution < 1.29 is 14.3 Å². The highest BCUT2D eigenvalue weighted by Crippen LogP contribution is 2.37. The highest BCUT2D eigenvalue weighted by Gasteiger charge is 2.25. The fraction of sp³-hybridized carbons (Fsp3) is 0.458. The number of amides is 1. The summed E-state index contributed by atoms with van der Waals surface area (Å²) in [5.74, 6) is -0.244. The number of nitrogens with zero attached hydrogens (tertiary/aromatic N) is 1. The van der Waals surface area contributed by atoms with Crippen LogP contribution in [0, 0.1) is 0 Å². The van der Waals surface area contributed by atoms with E-state index in [-0.39, 0.29) is 11.9 Å². The number of thiocarbonyl (C=S) groups is 1. The van der Waals surface area contributed by atoms with E-state index in [1.54, 1.807) is 11.3 Å². The van der Waals surface area contributed by atoms with E-state index in [0.29, 0.717) is 16.2 Å². The van der Waals surface area contributed by atoms with Crippen molar-refractivity contribution in [2.75, 3.05) is 30.8 Å². The molecule has 1 saturated heterocycles. The summed E-state index contributed by atoms with van der Waals surface area (Å²) in [4.78, 5) is 28.2. The third-order valence-electron chi connectivity index (χ3n) is 6.07. The molecule has 2 N–H and O–H groups in total. The molecule has 0 spiro atoms. The number of methoxy groups -OCH3 is 1. The standard InChI is InChI=1S/C24H29N3O3S2/c1-30-23(29)20-18-8-4-2-3-5-9-19(18)32-21(20)26-24(31)25-17-12-10-16(11-13-17)22(28)27-14-6-7-15-27/h10-13H,2-9,14-15H2,1H3,(H2,25,26,31). The zero-order valence-corrected chi connectivity index (χ0v) is 20.0. The lowest BCUT2D eigenvalue weighted by molar-refractivity contribution is 0.0600. The molecule has 0 atom stereocenters. The molecule has 1 amide bonds. The first-order chi connectivity index (χ1) is 15.6. The van der Waals surface area contributed by atoms with Gasteiger partial charge in [-0.15, -0.1) is 11.3 Å². The van der Waals surface area contributed by atoms with Crippen molar-refractivity contribution >= 4 is 51.2 Å². The zero-order valence-electron chi connectivity index (χ0n) is 18.4. The summed E-state index contributed by atoms with van der Waals surface area (Å²) >= 11 is 7.12. The lowest BCUT2D eigenvalue weighted by Crippen LogP contribution is -2.27. The van der Waals surface area contributed by atoms with Crippen molar-refractivity contribution in [2.24, 2.45) is 0 Å². The third kappa shape index (κ3) is 5.13. The molecule has 2 aromatic rings. The molecule has 1 aromatic heterocycles. The van der Waals surface area contributed by atoms with Gasteiger partial charge in [0.15, 0.2) is 5.11 Å². The molecule has 32 heavy (non-hydrogen) atoms. The minimum Gasteiger partial charge on any atom is -0.465 e. The van der Waals surface area contributed by atoms with Crippen molar-refractivity contribution in [3.8, 4) is 0 Å². The van der Waals surface area contributed by atoms with E-state index in [9.17, 15) is 9.59 Å². The molecule has 0 radical (unpaired) electrons. The third-order valence-corrected chi connectivity index (χ3v) is 7.48. The number of rotatable bonds is 4. The second kappa shape index (κ2) is 10.4. The van der Waals surface area contributed by atoms with Crippen LogP contribution in [0.5, 0.6) is 0 Å². The van der Waals surface area contributed by atoms with Crippen LogP contribution in [0.15, 0.2) is 24.3 Å². The maximum Gasteiger partial charge on any atom is 0.341 e. The van der Waals surface area contributed by atoms with Crippen molar-refractivity contribution in [3.63, 3.8) is 0 Å². The molecule has 1 fully saturated rings. The molecule has 1 aliphatic heterocycles. The molecule has 0 saturated carbocycles. The van der Waals surface area contributed by atoms with Gasteiger partial charge in [0.1, 0.15) is 5.00 Å². The molecule has 2 heterocycles. The van der Waals surface area contributed by atoms with E-state index < -0.39 is 0 Å². The van der Waals surface area contributed by atoms with Gasteiger partial charge in [-0.3, -0.25) is 4.79 Å². The zero-order chi connectivity index (χ0) is 22.5. The number of aryl methyl sites for hydroxylation is 1. The summed E-state index contributed by atoms with van der Waals surface area (Å²) in [5, 5.41) is 7.53. The van der Waals surface area contributed by atoms with Crippen molar-refractivity contribution in [1.29, 1.82) is 0 Å². The first-order valence-electron chi connectivity index (χ1n) is 11.3. The van der Waals surface area contributed by atoms with Gasteiger partial charge in [0.05, 0.1) is 12.7 Å². The van der Waals surface area contributed by atoms with Gasteiger partial charge in [-0.25, -0.2) is 4.79 Å². The predicted molar refractivity (Wildman–Crippen MR) is 133 cm³/mol. The molecular weight excluding hydrogens is 442 g/mol. The summed E-state index contributed by atoms with van der Waals surface area (Å²) in [6.45, 7) is 1.67. The number of benzene rings is 1. The molecular formula is C24H29N3O3S2. The second-order valence-electron chi connectivity index (χ2n) is 8.27. The molecule has 1 aromatic carbocycles. The Hall–Kier alpha value is -2.45. The summed E-state index contributed by atoms with van der Waals surface area (Å²) in [5.41, 5.74) is 3.19. The summed E-state index contributed by atoms with van der Waals surface area (Å²) in [6, 6.07) is 7.35. The van der Waals surface area contributed by atoms with Gasteiger partial charge in [0.2, 0.25) is 0 Å². The van der Waals surface area contributed by atoms with Crippen molar-refractivity contribution in [3.05, 3.63) is 45.8 Å². The number of anilines is 2. The van der Waals surface area contributed by atoms with Gasteiger partial charge in [-0.1, -0.05) is 12.8 Å². The molecule has 2 aliphatic rings. The number of fused-ring (bicyclic) bond motifs is 1. The normalized spacial score (nSPS) is 16.0. The lowest BCUT2D eigenvalue weighted by atomic mass is 9.96. The Morgan fingerprint density at radius 1 is 0.969 bits per heavy atom. The highest BCUT2D eigenvalue weighted by atomic mass is 32.1. The van der Waals surface area contributed by atoms with Crippen LogP contribution in [0.4, 0.5) is 10.7 Å². The number of carbonyl (C=O) groups excluding carboxylic acids is 2. The van der Waals surface area contributed by atoms with Gasteiger partial charge in [0.25, 0.3) is 5.91 Å². The highest BCUT2D eigenvalue weighted by molar-refractivity contribution is 7.80. The largest absolute Gasteiger partial charge is 0.465 e. The number of esters is 1. The van der Waals surface area contributed by atoms with E-state index in [4.69, 9.17) is 17.0 Å². The maximum atomic E-state index is 12.6. The number of thiophene rings is 1. The fourth-order valence-electron chi connectivity index (χ4n) is 4.39. The summed E-state index contributed by atoms with van der Waals surface area (Å²) < 4.78 is 5.08. The first-order valence-corrected chi connectivity index (χ1v) is 12.5. The molecule has 0 bridgehead atoms. The van der Waals surface area contributed by atoms with Gasteiger partial charge in [-0.2, -0.15) is 0 Å². The monoisotopic (exact) mass is 471 g/mol. The topological polar surface area (TPSA) is 70.7 Å². The summed E-state index contributed by atoms with van der Waals surface area (Å²) in [7, 11) is 1.42. The molecule has 0 unspecified atom stereocenters. The van der Waals surface area contributed by atoms with E-state index >= 15 is 0 Å². The number of hydrogen-bond acceptors (Lipinski definition) is 5. The minimum atomic E-state index is -0.321. The Kier molecular flexibility index (Phi) is 7.42. The number of nitrogens with one attached hydrogen (secondary N) is 2. The minimum absolute atomic E-state index is 0.0773. The SMILES string of the molecule is COC(=O)c1c(NC(=S)Nc2ccc(C(=O)N3CCCC3)cc2)sc2c1CCCCCC2. The van der Waals surface area contributed by atoms with Gasteiger partial charge >= 0.3 is 5.97 Å². The molecule has 1 aliphatic carbocycles. The van der Waals surface area contributed by atoms with Gasteiger partial charge in [-0.05, 0) is 80.6 Å². The van der Waals surface area contributed by atoms with Crippen LogP contribution in [0.3, 0.4) is 0 Å². The number of ether oxygens (including phenoxy) is 1. The number of hydrogen-bond donors (Lipinski definition) is 2. The van der Waals surface area contributed by atoms with Crippen LogP contribution >= 0.6 is 23.6 Å². The molecule has 170 valence electrons. The van der Waals surface area contributed by atoms with Crippen molar-refractivity contribution in [2.45, 2.75) is 51.4 Å². The molecule has 8 heteroatoms. The predicted octanol–water partition coefficient (Wildman–Crippen LogP) is 5.24. The maximum absolute atomic E-state index is 12.6. The first kappa shape index (κ1) is 22.7. The van der Waals surface area contributed by atoms with Gasteiger partial charge in [0, 0.05) is 29.2 Å². The van der Waals surface area contributed by atoms with Crippen LogP contribution in [0.25, 0.3) is 0 Å². The van der Waals surface area contributed by atoms with E-state index in [0.717, 1.165) is 67.9 Å². The van der Waals surface area contributed by atoms with Crippen LogP contribution in [-0.4, -0.2) is 42.1 Å². The quantitative estimate of drug-likeness (QED) is 0.470. The van der Waals surface area contributed by atoms with E-state index in [2.05, 4.69) is 10.6 Å². The van der Waals surface area contributed by atoms with E-state index in [1.807, 2.05) is 29.2 Å². The van der Waals surface area contributed by atoms with Crippen LogP contribution in [0.2, 0.25) is 0 Å². The van der Waals surface area contributed by atoms with Crippen LogP contribution in [-0.2, 0) is 17.6 Å². The molecule has 4 rings (SSSR count). The Balaban J connectivity index is 1.46. The van der Waals surface area contributed by atoms with E-state index in [1.165, 1.54) is 24.8 Å². The Morgan fingerprint density at radius 2 is 1.66 bits per heavy atom. The second-order valence-corrected chi connectivity index (χ2v) is 9.78. The van der Waals surface area contributed by atoms with Crippen LogP contribution < -0.4 is 10.6 Å². The Labute approximate surface area is 198 Å². The fourth-order valence-corrected chi connectivity index (χ4v) is 5.96. The average Bonchev–Trinajstić information content (AvgIpc) is 3.42. The van der Waals surface area contributed by atoms with Crippen molar-refractivity contribution in [1.82, 2.24) is 4.90 Å². The van der Waals surface area contributed by atoms with Crippen LogP contribution in [0.1, 0.15) is 69.7 Å². The van der Waals surface area contributed by atoms with Gasteiger partial charge < -0.3 is 20.3 Å². The molecule has 6 nitrogen and oxygen atoms in total. The number of likely N-dealkylation sites (tertiary alicyclic amines) is 1. The Bertz CT molecular complexity index is 995. The average molecular weight is 472 g/mol. The summed E-state index contributed by atoms with van der Waals surface area (Å²) in [6.07, 6.45) is 8.66. The number of carbonyl (C=O) groups is 2.